The molecule has 29 heavy (non-hydrogen) atoms. The van der Waals surface area contributed by atoms with Crippen molar-refractivity contribution in [3.05, 3.63) is 46.8 Å². The summed E-state index contributed by atoms with van der Waals surface area (Å²) in [6, 6.07) is 6.06. The number of nitrogens with zero attached hydrogens (tertiary/aromatic N) is 3. The number of halogens is 4. The van der Waals surface area contributed by atoms with E-state index in [1.165, 1.54) is 10.7 Å². The Morgan fingerprint density at radius 2 is 1.93 bits per heavy atom. The van der Waals surface area contributed by atoms with Gasteiger partial charge in [0.15, 0.2) is 5.96 Å². The highest BCUT2D eigenvalue weighted by Crippen LogP contribution is 2.33. The van der Waals surface area contributed by atoms with Gasteiger partial charge in [-0.3, -0.25) is 4.99 Å². The molecule has 1 heterocycles. The van der Waals surface area contributed by atoms with E-state index in [2.05, 4.69) is 20.7 Å². The number of aromatic nitrogens is 2. The molecule has 0 unspecified atom stereocenters. The SMILES string of the molecule is CN=C(NCCCOC)NCc1ccc(-n2nc(C)cc2C)cc1C(F)(F)F.I. The first-order valence-electron chi connectivity index (χ1n) is 8.93. The molecule has 0 spiro atoms. The molecule has 162 valence electrons. The highest BCUT2D eigenvalue weighted by Gasteiger charge is 2.33. The van der Waals surface area contributed by atoms with E-state index in [0.29, 0.717) is 24.8 Å². The monoisotopic (exact) mass is 525 g/mol. The van der Waals surface area contributed by atoms with Gasteiger partial charge in [-0.1, -0.05) is 6.07 Å². The Labute approximate surface area is 185 Å². The van der Waals surface area contributed by atoms with E-state index in [-0.39, 0.29) is 36.1 Å². The predicted octanol–water partition coefficient (Wildman–Crippen LogP) is 3.83. The van der Waals surface area contributed by atoms with Crippen molar-refractivity contribution in [3.8, 4) is 5.69 Å². The molecule has 0 aliphatic carbocycles. The summed E-state index contributed by atoms with van der Waals surface area (Å²) >= 11 is 0. The summed E-state index contributed by atoms with van der Waals surface area (Å²) in [4.78, 5) is 4.03. The van der Waals surface area contributed by atoms with Crippen LogP contribution in [0.5, 0.6) is 0 Å². The summed E-state index contributed by atoms with van der Waals surface area (Å²) in [5, 5.41) is 10.2. The number of alkyl halides is 3. The van der Waals surface area contributed by atoms with Crippen molar-refractivity contribution >= 4 is 29.9 Å². The summed E-state index contributed by atoms with van der Waals surface area (Å²) in [5.41, 5.74) is 1.35. The number of ether oxygens (including phenoxy) is 1. The Hall–Kier alpha value is -1.82. The third-order valence-electron chi connectivity index (χ3n) is 4.14. The van der Waals surface area contributed by atoms with E-state index >= 15 is 0 Å². The fourth-order valence-corrected chi connectivity index (χ4v) is 2.83. The summed E-state index contributed by atoms with van der Waals surface area (Å²) in [5.74, 6) is 0.437. The molecule has 1 aromatic heterocycles. The molecule has 0 saturated heterocycles. The van der Waals surface area contributed by atoms with E-state index in [1.807, 2.05) is 13.0 Å². The number of methoxy groups -OCH3 is 1. The van der Waals surface area contributed by atoms with Crippen LogP contribution in [-0.2, 0) is 17.5 Å². The van der Waals surface area contributed by atoms with Crippen molar-refractivity contribution in [3.63, 3.8) is 0 Å². The van der Waals surface area contributed by atoms with Crippen molar-refractivity contribution in [1.29, 1.82) is 0 Å². The molecule has 0 aliphatic heterocycles. The second-order valence-electron chi connectivity index (χ2n) is 6.38. The quantitative estimate of drug-likeness (QED) is 0.250. The molecule has 0 atom stereocenters. The maximum Gasteiger partial charge on any atom is 0.416 e. The Morgan fingerprint density at radius 1 is 1.21 bits per heavy atom. The van der Waals surface area contributed by atoms with Crippen molar-refractivity contribution in [2.75, 3.05) is 27.3 Å². The number of nitrogens with one attached hydrogen (secondary N) is 2. The Kier molecular flexibility index (Phi) is 9.90. The topological polar surface area (TPSA) is 63.5 Å². The normalized spacial score (nSPS) is 11.9. The standard InChI is InChI=1S/C19H26F3N5O.HI/c1-13-10-14(2)27(26-13)16-7-6-15(17(11-16)19(20,21)22)12-25-18(23-3)24-8-5-9-28-4;/h6-7,10-11H,5,8-9,12H2,1-4H3,(H2,23,24,25);1H. The van der Waals surface area contributed by atoms with Crippen LogP contribution < -0.4 is 10.6 Å². The highest BCUT2D eigenvalue weighted by atomic mass is 127. The molecule has 2 aromatic rings. The van der Waals surface area contributed by atoms with E-state index in [0.717, 1.165) is 23.9 Å². The molecule has 2 N–H and O–H groups in total. The van der Waals surface area contributed by atoms with Crippen LogP contribution in [0.25, 0.3) is 5.69 Å². The van der Waals surface area contributed by atoms with Crippen LogP contribution in [0.2, 0.25) is 0 Å². The summed E-state index contributed by atoms with van der Waals surface area (Å²) in [6.45, 7) is 4.81. The first-order chi connectivity index (χ1) is 13.3. The van der Waals surface area contributed by atoms with Gasteiger partial charge in [-0.15, -0.1) is 24.0 Å². The Balaban J connectivity index is 0.00000420. The number of aryl methyl sites for hydroxylation is 2. The maximum absolute atomic E-state index is 13.6. The van der Waals surface area contributed by atoms with Crippen molar-refractivity contribution in [2.45, 2.75) is 33.0 Å². The third-order valence-corrected chi connectivity index (χ3v) is 4.14. The zero-order chi connectivity index (χ0) is 20.7. The van der Waals surface area contributed by atoms with E-state index in [4.69, 9.17) is 4.74 Å². The fourth-order valence-electron chi connectivity index (χ4n) is 2.83. The summed E-state index contributed by atoms with van der Waals surface area (Å²) in [6.07, 6.45) is -3.71. The second-order valence-corrected chi connectivity index (χ2v) is 6.38. The van der Waals surface area contributed by atoms with Gasteiger partial charge in [0, 0.05) is 39.5 Å². The number of aliphatic imine (C=N–C) groups is 1. The van der Waals surface area contributed by atoms with Gasteiger partial charge >= 0.3 is 6.18 Å². The van der Waals surface area contributed by atoms with Gasteiger partial charge in [-0.25, -0.2) is 4.68 Å². The van der Waals surface area contributed by atoms with Crippen molar-refractivity contribution in [1.82, 2.24) is 20.4 Å². The lowest BCUT2D eigenvalue weighted by Gasteiger charge is -2.17. The van der Waals surface area contributed by atoms with E-state index in [1.54, 1.807) is 27.1 Å². The first kappa shape index (κ1) is 25.2. The van der Waals surface area contributed by atoms with Crippen LogP contribution in [0.15, 0.2) is 29.3 Å². The number of hydrogen-bond donors (Lipinski definition) is 2. The Bertz CT molecular complexity index is 821. The molecular formula is C19H27F3IN5O. The molecule has 0 bridgehead atoms. The lowest BCUT2D eigenvalue weighted by Crippen LogP contribution is -2.38. The van der Waals surface area contributed by atoms with Crippen molar-refractivity contribution < 1.29 is 17.9 Å². The van der Waals surface area contributed by atoms with Gasteiger partial charge in [0.1, 0.15) is 0 Å². The lowest BCUT2D eigenvalue weighted by molar-refractivity contribution is -0.138. The zero-order valence-corrected chi connectivity index (χ0v) is 19.3. The highest BCUT2D eigenvalue weighted by molar-refractivity contribution is 14.0. The average molecular weight is 525 g/mol. The zero-order valence-electron chi connectivity index (χ0n) is 16.9. The van der Waals surface area contributed by atoms with Gasteiger partial charge in [-0.05, 0) is 44.0 Å². The maximum atomic E-state index is 13.6. The number of hydrogen-bond acceptors (Lipinski definition) is 3. The summed E-state index contributed by atoms with van der Waals surface area (Å²) in [7, 11) is 3.18. The third kappa shape index (κ3) is 7.18. The molecule has 0 fully saturated rings. The molecule has 0 saturated carbocycles. The molecule has 6 nitrogen and oxygen atoms in total. The smallest absolute Gasteiger partial charge is 0.385 e. The van der Waals surface area contributed by atoms with Gasteiger partial charge in [0.05, 0.1) is 16.9 Å². The van der Waals surface area contributed by atoms with Crippen LogP contribution in [0.4, 0.5) is 13.2 Å². The van der Waals surface area contributed by atoms with Crippen LogP contribution >= 0.6 is 24.0 Å². The number of benzene rings is 1. The summed E-state index contributed by atoms with van der Waals surface area (Å²) < 4.78 is 47.4. The van der Waals surface area contributed by atoms with Crippen LogP contribution in [0, 0.1) is 13.8 Å². The molecule has 0 radical (unpaired) electrons. The van der Waals surface area contributed by atoms with E-state index in [9.17, 15) is 13.2 Å². The van der Waals surface area contributed by atoms with Gasteiger partial charge in [0.25, 0.3) is 0 Å². The van der Waals surface area contributed by atoms with Gasteiger partial charge in [0.2, 0.25) is 0 Å². The van der Waals surface area contributed by atoms with Crippen LogP contribution in [-0.4, -0.2) is 43.0 Å². The largest absolute Gasteiger partial charge is 0.416 e. The van der Waals surface area contributed by atoms with Gasteiger partial charge in [-0.2, -0.15) is 18.3 Å². The predicted molar refractivity (Wildman–Crippen MR) is 118 cm³/mol. The van der Waals surface area contributed by atoms with E-state index < -0.39 is 11.7 Å². The average Bonchev–Trinajstić information content (AvgIpc) is 2.98. The fraction of sp³-hybridized carbons (Fsp3) is 0.474. The second kappa shape index (κ2) is 11.4. The molecule has 0 amide bonds. The van der Waals surface area contributed by atoms with Crippen LogP contribution in [0.1, 0.15) is 28.9 Å². The minimum absolute atomic E-state index is 0. The number of rotatable bonds is 7. The minimum atomic E-state index is -4.47. The van der Waals surface area contributed by atoms with Gasteiger partial charge < -0.3 is 15.4 Å². The molecular weight excluding hydrogens is 498 g/mol. The number of guanidine groups is 1. The first-order valence-corrected chi connectivity index (χ1v) is 8.93. The molecule has 10 heteroatoms. The lowest BCUT2D eigenvalue weighted by atomic mass is 10.1. The molecule has 1 aromatic carbocycles. The Morgan fingerprint density at radius 3 is 2.48 bits per heavy atom. The van der Waals surface area contributed by atoms with Crippen molar-refractivity contribution in [2.24, 2.45) is 4.99 Å². The molecule has 0 aliphatic rings. The van der Waals surface area contributed by atoms with Crippen LogP contribution in [0.3, 0.4) is 0 Å². The minimum Gasteiger partial charge on any atom is -0.385 e. The molecule has 2 rings (SSSR count).